The van der Waals surface area contributed by atoms with Gasteiger partial charge in [-0.3, -0.25) is 4.79 Å². The average molecular weight is 429 g/mol. The van der Waals surface area contributed by atoms with Crippen LogP contribution < -0.4 is 10.1 Å². The van der Waals surface area contributed by atoms with Gasteiger partial charge >= 0.3 is 0 Å². The molecule has 0 saturated heterocycles. The number of benzene rings is 3. The normalized spacial score (nSPS) is 10.2. The molecule has 1 N–H and O–H groups in total. The quantitative estimate of drug-likeness (QED) is 0.545. The number of aryl methyl sites for hydroxylation is 1. The number of halogens is 1. The zero-order chi connectivity index (χ0) is 16.9. The Kier molecular flexibility index (Phi) is 5.15. The summed E-state index contributed by atoms with van der Waals surface area (Å²) >= 11 is 2.23. The molecule has 0 aromatic heterocycles. The summed E-state index contributed by atoms with van der Waals surface area (Å²) < 4.78 is 6.81. The molecule has 0 aliphatic rings. The van der Waals surface area contributed by atoms with Crippen LogP contribution in [0, 0.1) is 10.5 Å². The van der Waals surface area contributed by atoms with Gasteiger partial charge in [-0.25, -0.2) is 0 Å². The molecule has 0 heterocycles. The van der Waals surface area contributed by atoms with E-state index in [4.69, 9.17) is 4.74 Å². The number of hydrogen-bond donors (Lipinski definition) is 1. The summed E-state index contributed by atoms with van der Waals surface area (Å²) in [6, 6.07) is 22.6. The Bertz CT molecular complexity index is 845. The second-order valence-corrected chi connectivity index (χ2v) is 6.52. The maximum atomic E-state index is 12.3. The Hall–Kier alpha value is -2.34. The molecule has 120 valence electrons. The predicted octanol–water partition coefficient (Wildman–Crippen LogP) is 5.64. The second kappa shape index (κ2) is 7.49. The van der Waals surface area contributed by atoms with Crippen molar-refractivity contribution >= 4 is 34.2 Å². The van der Waals surface area contributed by atoms with Gasteiger partial charge < -0.3 is 10.1 Å². The fraction of sp³-hybridized carbons (Fsp3) is 0.0500. The number of anilines is 1. The molecule has 0 aliphatic heterocycles. The van der Waals surface area contributed by atoms with Gasteiger partial charge in [0.05, 0.1) is 0 Å². The molecular formula is C20H16INO2. The van der Waals surface area contributed by atoms with E-state index in [0.717, 1.165) is 26.3 Å². The summed E-state index contributed by atoms with van der Waals surface area (Å²) in [6.07, 6.45) is 0. The Balaban J connectivity index is 1.67. The summed E-state index contributed by atoms with van der Waals surface area (Å²) in [6.45, 7) is 2.02. The predicted molar refractivity (Wildman–Crippen MR) is 105 cm³/mol. The van der Waals surface area contributed by atoms with Crippen molar-refractivity contribution in [2.45, 2.75) is 6.92 Å². The van der Waals surface area contributed by atoms with Crippen molar-refractivity contribution in [3.8, 4) is 11.5 Å². The molecule has 4 heteroatoms. The zero-order valence-electron chi connectivity index (χ0n) is 13.1. The van der Waals surface area contributed by atoms with Crippen LogP contribution >= 0.6 is 22.6 Å². The summed E-state index contributed by atoms with van der Waals surface area (Å²) in [7, 11) is 0. The molecule has 0 aliphatic carbocycles. The lowest BCUT2D eigenvalue weighted by molar-refractivity contribution is 0.102. The van der Waals surface area contributed by atoms with Crippen molar-refractivity contribution in [2.24, 2.45) is 0 Å². The van der Waals surface area contributed by atoms with Crippen molar-refractivity contribution < 1.29 is 9.53 Å². The SMILES string of the molecule is Cc1ccc(C(=O)Nc2ccc(Oc3ccccc3)cc2)cc1I. The molecule has 3 nitrogen and oxygen atoms in total. The third-order valence-electron chi connectivity index (χ3n) is 3.53. The molecule has 0 bridgehead atoms. The van der Waals surface area contributed by atoms with Gasteiger partial charge in [0.25, 0.3) is 5.91 Å². The minimum Gasteiger partial charge on any atom is -0.457 e. The molecule has 0 unspecified atom stereocenters. The number of rotatable bonds is 4. The minimum absolute atomic E-state index is 0.121. The number of nitrogens with one attached hydrogen (secondary N) is 1. The average Bonchev–Trinajstić information content (AvgIpc) is 2.60. The first-order chi connectivity index (χ1) is 11.6. The first-order valence-electron chi connectivity index (χ1n) is 7.52. The largest absolute Gasteiger partial charge is 0.457 e. The van der Waals surface area contributed by atoms with Crippen LogP contribution in [0.1, 0.15) is 15.9 Å². The molecule has 0 atom stereocenters. The highest BCUT2D eigenvalue weighted by Gasteiger charge is 2.08. The van der Waals surface area contributed by atoms with E-state index in [1.54, 1.807) is 0 Å². The summed E-state index contributed by atoms with van der Waals surface area (Å²) in [5.74, 6) is 1.39. The lowest BCUT2D eigenvalue weighted by Gasteiger charge is -2.09. The molecule has 24 heavy (non-hydrogen) atoms. The number of para-hydroxylation sites is 1. The van der Waals surface area contributed by atoms with Crippen LogP contribution in [0.3, 0.4) is 0 Å². The molecule has 1 amide bonds. The number of hydrogen-bond acceptors (Lipinski definition) is 2. The Morgan fingerprint density at radius 1 is 0.917 bits per heavy atom. The van der Waals surface area contributed by atoms with E-state index in [9.17, 15) is 4.79 Å². The van der Waals surface area contributed by atoms with E-state index >= 15 is 0 Å². The van der Waals surface area contributed by atoms with Crippen LogP contribution in [-0.4, -0.2) is 5.91 Å². The molecule has 3 rings (SSSR count). The zero-order valence-corrected chi connectivity index (χ0v) is 15.3. The van der Waals surface area contributed by atoms with E-state index < -0.39 is 0 Å². The Morgan fingerprint density at radius 3 is 2.25 bits per heavy atom. The van der Waals surface area contributed by atoms with E-state index in [-0.39, 0.29) is 5.91 Å². The molecule has 3 aromatic carbocycles. The summed E-state index contributed by atoms with van der Waals surface area (Å²) in [5.41, 5.74) is 2.54. The van der Waals surface area contributed by atoms with Crippen LogP contribution in [-0.2, 0) is 0 Å². The van der Waals surface area contributed by atoms with Gasteiger partial charge in [-0.1, -0.05) is 24.3 Å². The van der Waals surface area contributed by atoms with Crippen molar-refractivity contribution in [3.05, 3.63) is 87.5 Å². The second-order valence-electron chi connectivity index (χ2n) is 5.36. The summed E-state index contributed by atoms with van der Waals surface area (Å²) in [4.78, 5) is 12.3. The van der Waals surface area contributed by atoms with Gasteiger partial charge in [0.2, 0.25) is 0 Å². The van der Waals surface area contributed by atoms with Gasteiger partial charge in [-0.2, -0.15) is 0 Å². The van der Waals surface area contributed by atoms with E-state index in [0.29, 0.717) is 5.56 Å². The molecule has 0 saturated carbocycles. The van der Waals surface area contributed by atoms with Gasteiger partial charge in [-0.05, 0) is 83.6 Å². The van der Waals surface area contributed by atoms with Crippen LogP contribution in [0.2, 0.25) is 0 Å². The third-order valence-corrected chi connectivity index (χ3v) is 4.69. The fourth-order valence-corrected chi connectivity index (χ4v) is 2.68. The fourth-order valence-electron chi connectivity index (χ4n) is 2.17. The van der Waals surface area contributed by atoms with Crippen molar-refractivity contribution in [3.63, 3.8) is 0 Å². The summed E-state index contributed by atoms with van der Waals surface area (Å²) in [5, 5.41) is 2.90. The van der Waals surface area contributed by atoms with Crippen LogP contribution in [0.4, 0.5) is 5.69 Å². The monoisotopic (exact) mass is 429 g/mol. The van der Waals surface area contributed by atoms with Crippen LogP contribution in [0.15, 0.2) is 72.8 Å². The number of carbonyl (C=O) groups excluding carboxylic acids is 1. The number of amides is 1. The van der Waals surface area contributed by atoms with Gasteiger partial charge in [-0.15, -0.1) is 0 Å². The molecule has 0 fully saturated rings. The minimum atomic E-state index is -0.121. The smallest absolute Gasteiger partial charge is 0.255 e. The highest BCUT2D eigenvalue weighted by Crippen LogP contribution is 2.23. The highest BCUT2D eigenvalue weighted by atomic mass is 127. The van der Waals surface area contributed by atoms with E-state index in [1.807, 2.05) is 79.7 Å². The topological polar surface area (TPSA) is 38.3 Å². The molecule has 0 spiro atoms. The van der Waals surface area contributed by atoms with E-state index in [2.05, 4.69) is 27.9 Å². The lowest BCUT2D eigenvalue weighted by Crippen LogP contribution is -2.12. The Morgan fingerprint density at radius 2 is 1.58 bits per heavy atom. The van der Waals surface area contributed by atoms with Crippen molar-refractivity contribution in [1.29, 1.82) is 0 Å². The Labute approximate surface area is 154 Å². The van der Waals surface area contributed by atoms with Crippen molar-refractivity contribution in [1.82, 2.24) is 0 Å². The van der Waals surface area contributed by atoms with Gasteiger partial charge in [0.15, 0.2) is 0 Å². The molecule has 0 radical (unpaired) electrons. The maximum absolute atomic E-state index is 12.3. The van der Waals surface area contributed by atoms with Crippen molar-refractivity contribution in [2.75, 3.05) is 5.32 Å². The highest BCUT2D eigenvalue weighted by molar-refractivity contribution is 14.1. The number of ether oxygens (including phenoxy) is 1. The molecule has 3 aromatic rings. The van der Waals surface area contributed by atoms with Gasteiger partial charge in [0.1, 0.15) is 11.5 Å². The first kappa shape index (κ1) is 16.5. The standard InChI is InChI=1S/C20H16INO2/c1-14-7-8-15(13-19(14)21)20(23)22-16-9-11-18(12-10-16)24-17-5-3-2-4-6-17/h2-13H,1H3,(H,22,23). The van der Waals surface area contributed by atoms with Crippen LogP contribution in [0.5, 0.6) is 11.5 Å². The third kappa shape index (κ3) is 4.14. The number of carbonyl (C=O) groups is 1. The lowest BCUT2D eigenvalue weighted by atomic mass is 10.1. The van der Waals surface area contributed by atoms with Gasteiger partial charge in [0, 0.05) is 14.8 Å². The maximum Gasteiger partial charge on any atom is 0.255 e. The van der Waals surface area contributed by atoms with E-state index in [1.165, 1.54) is 0 Å². The van der Waals surface area contributed by atoms with Crippen LogP contribution in [0.25, 0.3) is 0 Å². The first-order valence-corrected chi connectivity index (χ1v) is 8.60. The molecular weight excluding hydrogens is 413 g/mol.